The molecule has 3 rings (SSSR count). The molecule has 144 valence electrons. The van der Waals surface area contributed by atoms with Crippen LogP contribution in [0.4, 0.5) is 4.79 Å². The minimum Gasteiger partial charge on any atom is -0.491 e. The van der Waals surface area contributed by atoms with Crippen LogP contribution in [0.25, 0.3) is 0 Å². The zero-order valence-electron chi connectivity index (χ0n) is 16.2. The third kappa shape index (κ3) is 5.47. The van der Waals surface area contributed by atoms with Gasteiger partial charge in [-0.3, -0.25) is 0 Å². The largest absolute Gasteiger partial charge is 0.491 e. The van der Waals surface area contributed by atoms with Crippen molar-refractivity contribution in [3.8, 4) is 5.75 Å². The number of benzene rings is 2. The summed E-state index contributed by atoms with van der Waals surface area (Å²) in [7, 11) is 0. The van der Waals surface area contributed by atoms with Crippen LogP contribution in [0, 0.1) is 0 Å². The Labute approximate surface area is 160 Å². The van der Waals surface area contributed by atoms with Crippen molar-refractivity contribution in [2.75, 3.05) is 13.2 Å². The van der Waals surface area contributed by atoms with Crippen molar-refractivity contribution in [3.05, 3.63) is 65.2 Å². The van der Waals surface area contributed by atoms with Crippen molar-refractivity contribution in [2.45, 2.75) is 46.1 Å². The van der Waals surface area contributed by atoms with Gasteiger partial charge in [0.1, 0.15) is 18.0 Å². The maximum Gasteiger partial charge on any atom is 0.410 e. The standard InChI is InChI=1S/C22H27NO4/c1-22(2,3)27-21(24)23-12-13-26-20-11-7-10-18(19(20)14-23)16-25-15-17-8-5-4-6-9-17/h4-11H,12-16H2,1-3H3. The van der Waals surface area contributed by atoms with Crippen LogP contribution in [0.3, 0.4) is 0 Å². The van der Waals surface area contributed by atoms with E-state index in [1.165, 1.54) is 0 Å². The zero-order chi connectivity index (χ0) is 19.3. The lowest BCUT2D eigenvalue weighted by molar-refractivity contribution is 0.0224. The van der Waals surface area contributed by atoms with E-state index in [-0.39, 0.29) is 6.09 Å². The number of amides is 1. The van der Waals surface area contributed by atoms with Crippen LogP contribution in [0.2, 0.25) is 0 Å². The van der Waals surface area contributed by atoms with Gasteiger partial charge in [-0.15, -0.1) is 0 Å². The van der Waals surface area contributed by atoms with Gasteiger partial charge in [0, 0.05) is 5.56 Å². The number of rotatable bonds is 4. The highest BCUT2D eigenvalue weighted by Gasteiger charge is 2.26. The first kappa shape index (κ1) is 19.2. The van der Waals surface area contributed by atoms with Crippen LogP contribution < -0.4 is 4.74 Å². The number of carbonyl (C=O) groups is 1. The average molecular weight is 369 g/mol. The minimum atomic E-state index is -0.522. The molecule has 0 saturated heterocycles. The molecule has 0 bridgehead atoms. The zero-order valence-corrected chi connectivity index (χ0v) is 16.2. The second-order valence-corrected chi connectivity index (χ2v) is 7.62. The van der Waals surface area contributed by atoms with E-state index in [0.717, 1.165) is 22.4 Å². The van der Waals surface area contributed by atoms with Crippen LogP contribution in [0.15, 0.2) is 48.5 Å². The van der Waals surface area contributed by atoms with E-state index in [9.17, 15) is 4.79 Å². The summed E-state index contributed by atoms with van der Waals surface area (Å²) in [5, 5.41) is 0. The van der Waals surface area contributed by atoms with Gasteiger partial charge in [-0.05, 0) is 38.0 Å². The molecule has 27 heavy (non-hydrogen) atoms. The predicted octanol–water partition coefficient (Wildman–Crippen LogP) is 4.53. The molecule has 1 amide bonds. The van der Waals surface area contributed by atoms with Gasteiger partial charge in [0.25, 0.3) is 0 Å². The lowest BCUT2D eigenvalue weighted by Gasteiger charge is -2.26. The Morgan fingerprint density at radius 1 is 1.07 bits per heavy atom. The van der Waals surface area contributed by atoms with Crippen LogP contribution >= 0.6 is 0 Å². The second-order valence-electron chi connectivity index (χ2n) is 7.62. The van der Waals surface area contributed by atoms with E-state index < -0.39 is 5.60 Å². The molecule has 0 N–H and O–H groups in total. The van der Waals surface area contributed by atoms with Crippen LogP contribution in [0.1, 0.15) is 37.5 Å². The van der Waals surface area contributed by atoms with Gasteiger partial charge >= 0.3 is 6.09 Å². The summed E-state index contributed by atoms with van der Waals surface area (Å²) in [6.45, 7) is 8.01. The highest BCUT2D eigenvalue weighted by molar-refractivity contribution is 5.68. The highest BCUT2D eigenvalue weighted by Crippen LogP contribution is 2.28. The van der Waals surface area contributed by atoms with Crippen molar-refractivity contribution in [3.63, 3.8) is 0 Å². The number of fused-ring (bicyclic) bond motifs is 1. The van der Waals surface area contributed by atoms with Gasteiger partial charge in [-0.25, -0.2) is 4.79 Å². The molecule has 0 atom stereocenters. The lowest BCUT2D eigenvalue weighted by Crippen LogP contribution is -2.37. The van der Waals surface area contributed by atoms with E-state index in [1.807, 2.05) is 69.3 Å². The van der Waals surface area contributed by atoms with E-state index in [0.29, 0.717) is 32.9 Å². The SMILES string of the molecule is CC(C)(C)OC(=O)N1CCOc2cccc(COCc3ccccc3)c2C1. The van der Waals surface area contributed by atoms with Gasteiger partial charge < -0.3 is 19.1 Å². The van der Waals surface area contributed by atoms with Gasteiger partial charge in [0.15, 0.2) is 0 Å². The molecule has 1 aliphatic rings. The molecule has 1 aliphatic heterocycles. The first-order valence-corrected chi connectivity index (χ1v) is 9.25. The molecule has 5 nitrogen and oxygen atoms in total. The first-order valence-electron chi connectivity index (χ1n) is 9.25. The predicted molar refractivity (Wildman–Crippen MR) is 104 cm³/mol. The van der Waals surface area contributed by atoms with Gasteiger partial charge in [-0.1, -0.05) is 42.5 Å². The fourth-order valence-electron chi connectivity index (χ4n) is 2.93. The fourth-order valence-corrected chi connectivity index (χ4v) is 2.93. The maximum absolute atomic E-state index is 12.5. The summed E-state index contributed by atoms with van der Waals surface area (Å²) >= 11 is 0. The smallest absolute Gasteiger partial charge is 0.410 e. The molecule has 5 heteroatoms. The summed E-state index contributed by atoms with van der Waals surface area (Å²) in [4.78, 5) is 14.2. The number of hydrogen-bond acceptors (Lipinski definition) is 4. The van der Waals surface area contributed by atoms with Crippen LogP contribution in [0.5, 0.6) is 5.75 Å². The van der Waals surface area contributed by atoms with Crippen LogP contribution in [-0.4, -0.2) is 29.7 Å². The summed E-state index contributed by atoms with van der Waals surface area (Å²) < 4.78 is 17.3. The lowest BCUT2D eigenvalue weighted by atomic mass is 10.1. The monoisotopic (exact) mass is 369 g/mol. The van der Waals surface area contributed by atoms with Crippen molar-refractivity contribution in [1.29, 1.82) is 0 Å². The minimum absolute atomic E-state index is 0.320. The van der Waals surface area contributed by atoms with E-state index >= 15 is 0 Å². The van der Waals surface area contributed by atoms with E-state index in [4.69, 9.17) is 14.2 Å². The Balaban J connectivity index is 1.70. The molecule has 0 spiro atoms. The van der Waals surface area contributed by atoms with Crippen LogP contribution in [-0.2, 0) is 29.2 Å². The number of nitrogens with zero attached hydrogens (tertiary/aromatic N) is 1. The molecule has 0 unspecified atom stereocenters. The number of hydrogen-bond donors (Lipinski definition) is 0. The van der Waals surface area contributed by atoms with E-state index in [2.05, 4.69) is 0 Å². The molecule has 0 aromatic heterocycles. The molecule has 0 fully saturated rings. The van der Waals surface area contributed by atoms with Gasteiger partial charge in [0.2, 0.25) is 0 Å². The Bertz CT molecular complexity index is 768. The fraction of sp³-hybridized carbons (Fsp3) is 0.409. The van der Waals surface area contributed by atoms with Gasteiger partial charge in [-0.2, -0.15) is 0 Å². The Kier molecular flexibility index (Phi) is 6.01. The summed E-state index contributed by atoms with van der Waals surface area (Å²) in [5.41, 5.74) is 2.62. The average Bonchev–Trinajstić information content (AvgIpc) is 2.84. The van der Waals surface area contributed by atoms with E-state index in [1.54, 1.807) is 4.90 Å². The molecule has 0 saturated carbocycles. The third-order valence-corrected chi connectivity index (χ3v) is 4.22. The molecular weight excluding hydrogens is 342 g/mol. The van der Waals surface area contributed by atoms with Crippen molar-refractivity contribution in [1.82, 2.24) is 4.90 Å². The normalized spacial score (nSPS) is 14.1. The number of ether oxygens (including phenoxy) is 3. The van der Waals surface area contributed by atoms with Gasteiger partial charge in [0.05, 0.1) is 26.3 Å². The quantitative estimate of drug-likeness (QED) is 0.794. The highest BCUT2D eigenvalue weighted by atomic mass is 16.6. The van der Waals surface area contributed by atoms with Crippen molar-refractivity contribution < 1.29 is 19.0 Å². The summed E-state index contributed by atoms with van der Waals surface area (Å²) in [6.07, 6.45) is -0.320. The number of carbonyl (C=O) groups excluding carboxylic acids is 1. The van der Waals surface area contributed by atoms with Crippen molar-refractivity contribution >= 4 is 6.09 Å². The molecule has 2 aromatic carbocycles. The summed E-state index contributed by atoms with van der Waals surface area (Å²) in [6, 6.07) is 16.0. The Morgan fingerprint density at radius 2 is 1.85 bits per heavy atom. The molecular formula is C22H27NO4. The van der Waals surface area contributed by atoms with Crippen molar-refractivity contribution in [2.24, 2.45) is 0 Å². The Hall–Kier alpha value is -2.53. The summed E-state index contributed by atoms with van der Waals surface area (Å²) in [5.74, 6) is 0.807. The molecule has 0 radical (unpaired) electrons. The third-order valence-electron chi connectivity index (χ3n) is 4.22. The molecule has 1 heterocycles. The first-order chi connectivity index (χ1) is 12.9. The topological polar surface area (TPSA) is 48.0 Å². The molecule has 0 aliphatic carbocycles. The Morgan fingerprint density at radius 3 is 2.59 bits per heavy atom. The maximum atomic E-state index is 12.5. The molecule has 2 aromatic rings. The second kappa shape index (κ2) is 8.44.